The predicted molar refractivity (Wildman–Crippen MR) is 126 cm³/mol. The lowest BCUT2D eigenvalue weighted by atomic mass is 9.91. The standard InChI is InChI=1S/C24H28ClN5O4/c1-24(2)33-18-16(12-31)32-22(19(18)34-24)30-13-26-17-20(27-23(25)28-21(17)30)29-10-6-9-15(11-29)14-7-4-3-5-8-14/h3-5,7-8,13,15-16,18-19,22,31H,6,9-12H2,1-2H3/t15?,16-,18-,19-,22-/m1/s1. The molecule has 180 valence electrons. The number of hydrogen-bond donors (Lipinski definition) is 1. The highest BCUT2D eigenvalue weighted by molar-refractivity contribution is 6.28. The second-order valence-corrected chi connectivity index (χ2v) is 9.99. The first-order chi connectivity index (χ1) is 16.4. The summed E-state index contributed by atoms with van der Waals surface area (Å²) in [5.74, 6) is 0.377. The Labute approximate surface area is 202 Å². The van der Waals surface area contributed by atoms with Crippen molar-refractivity contribution in [2.24, 2.45) is 0 Å². The van der Waals surface area contributed by atoms with Gasteiger partial charge < -0.3 is 24.2 Å². The fraction of sp³-hybridized carbons (Fsp3) is 0.542. The maximum absolute atomic E-state index is 9.85. The average Bonchev–Trinajstić information content (AvgIpc) is 3.49. The zero-order chi connectivity index (χ0) is 23.4. The van der Waals surface area contributed by atoms with Crippen LogP contribution in [0, 0.1) is 0 Å². The third kappa shape index (κ3) is 3.76. The van der Waals surface area contributed by atoms with Gasteiger partial charge in [0.2, 0.25) is 5.28 Å². The molecule has 0 amide bonds. The molecule has 0 radical (unpaired) electrons. The monoisotopic (exact) mass is 485 g/mol. The van der Waals surface area contributed by atoms with E-state index in [-0.39, 0.29) is 18.0 Å². The Hall–Kier alpha value is -2.30. The Morgan fingerprint density at radius 2 is 1.94 bits per heavy atom. The van der Waals surface area contributed by atoms with Crippen molar-refractivity contribution < 1.29 is 19.3 Å². The summed E-state index contributed by atoms with van der Waals surface area (Å²) in [7, 11) is 0. The topological polar surface area (TPSA) is 94.8 Å². The van der Waals surface area contributed by atoms with E-state index in [0.717, 1.165) is 31.7 Å². The number of benzene rings is 1. The molecule has 3 aliphatic rings. The van der Waals surface area contributed by atoms with Crippen molar-refractivity contribution in [1.82, 2.24) is 19.5 Å². The highest BCUT2D eigenvalue weighted by Gasteiger charge is 2.56. The van der Waals surface area contributed by atoms with Crippen LogP contribution in [-0.2, 0) is 14.2 Å². The van der Waals surface area contributed by atoms with Gasteiger partial charge in [0.25, 0.3) is 0 Å². The van der Waals surface area contributed by atoms with E-state index < -0.39 is 24.2 Å². The molecule has 1 N–H and O–H groups in total. The molecule has 34 heavy (non-hydrogen) atoms. The van der Waals surface area contributed by atoms with E-state index in [0.29, 0.717) is 17.1 Å². The number of halogens is 1. The fourth-order valence-electron chi connectivity index (χ4n) is 5.48. The van der Waals surface area contributed by atoms with Gasteiger partial charge in [-0.25, -0.2) is 4.98 Å². The number of piperidine rings is 1. The molecule has 5 atom stereocenters. The molecule has 0 aliphatic carbocycles. The van der Waals surface area contributed by atoms with E-state index >= 15 is 0 Å². The normalized spacial score (nSPS) is 30.7. The highest BCUT2D eigenvalue weighted by Crippen LogP contribution is 2.44. The molecule has 0 saturated carbocycles. The van der Waals surface area contributed by atoms with Gasteiger partial charge in [0.15, 0.2) is 29.0 Å². The molecule has 0 bridgehead atoms. The molecular weight excluding hydrogens is 458 g/mol. The quantitative estimate of drug-likeness (QED) is 0.563. The number of hydrogen-bond acceptors (Lipinski definition) is 8. The minimum atomic E-state index is -0.765. The molecule has 1 aromatic carbocycles. The van der Waals surface area contributed by atoms with Gasteiger partial charge in [0, 0.05) is 19.0 Å². The van der Waals surface area contributed by atoms with Gasteiger partial charge in [0.1, 0.15) is 18.3 Å². The summed E-state index contributed by atoms with van der Waals surface area (Å²) in [6.07, 6.45) is 2.04. The molecule has 0 spiro atoms. The van der Waals surface area contributed by atoms with Gasteiger partial charge >= 0.3 is 0 Å². The summed E-state index contributed by atoms with van der Waals surface area (Å²) in [6.45, 7) is 5.26. The Balaban J connectivity index is 1.35. The number of fused-ring (bicyclic) bond motifs is 2. The lowest BCUT2D eigenvalue weighted by molar-refractivity contribution is -0.199. The van der Waals surface area contributed by atoms with Crippen LogP contribution < -0.4 is 4.90 Å². The number of aliphatic hydroxyl groups is 1. The predicted octanol–water partition coefficient (Wildman–Crippen LogP) is 3.27. The van der Waals surface area contributed by atoms with Gasteiger partial charge in [-0.2, -0.15) is 9.97 Å². The van der Waals surface area contributed by atoms with Crippen molar-refractivity contribution in [1.29, 1.82) is 0 Å². The lowest BCUT2D eigenvalue weighted by Gasteiger charge is -2.34. The van der Waals surface area contributed by atoms with E-state index in [1.54, 1.807) is 6.33 Å². The number of nitrogens with zero attached hydrogens (tertiary/aromatic N) is 5. The number of rotatable bonds is 4. The molecule has 3 aromatic rings. The number of anilines is 1. The smallest absolute Gasteiger partial charge is 0.226 e. The van der Waals surface area contributed by atoms with Gasteiger partial charge in [-0.05, 0) is 43.9 Å². The highest BCUT2D eigenvalue weighted by atomic mass is 35.5. The van der Waals surface area contributed by atoms with Crippen molar-refractivity contribution in [3.8, 4) is 0 Å². The minimum Gasteiger partial charge on any atom is -0.394 e. The van der Waals surface area contributed by atoms with Crippen molar-refractivity contribution >= 4 is 28.6 Å². The van der Waals surface area contributed by atoms with Crippen LogP contribution in [0.5, 0.6) is 0 Å². The van der Waals surface area contributed by atoms with Gasteiger partial charge in [-0.3, -0.25) is 4.57 Å². The van der Waals surface area contributed by atoms with E-state index in [1.165, 1.54) is 5.56 Å². The summed E-state index contributed by atoms with van der Waals surface area (Å²) in [5, 5.41) is 10.0. The third-order valence-corrected chi connectivity index (χ3v) is 7.12. The number of aromatic nitrogens is 4. The summed E-state index contributed by atoms with van der Waals surface area (Å²) < 4.78 is 20.1. The zero-order valence-electron chi connectivity index (χ0n) is 19.2. The van der Waals surface area contributed by atoms with Gasteiger partial charge in [-0.15, -0.1) is 0 Å². The first-order valence-corrected chi connectivity index (χ1v) is 12.1. The van der Waals surface area contributed by atoms with Crippen LogP contribution >= 0.6 is 11.6 Å². The molecular formula is C24H28ClN5O4. The van der Waals surface area contributed by atoms with Crippen LogP contribution in [0.15, 0.2) is 36.7 Å². The summed E-state index contributed by atoms with van der Waals surface area (Å²) in [6, 6.07) is 10.6. The molecule has 3 aliphatic heterocycles. The Kier molecular flexibility index (Phi) is 5.50. The summed E-state index contributed by atoms with van der Waals surface area (Å²) in [4.78, 5) is 16.0. The number of aliphatic hydroxyl groups excluding tert-OH is 1. The van der Waals surface area contributed by atoms with E-state index in [1.807, 2.05) is 24.5 Å². The fourth-order valence-corrected chi connectivity index (χ4v) is 5.64. The first-order valence-electron chi connectivity index (χ1n) is 11.8. The van der Waals surface area contributed by atoms with Crippen molar-refractivity contribution in [3.05, 3.63) is 47.5 Å². The van der Waals surface area contributed by atoms with Crippen LogP contribution in [0.25, 0.3) is 11.2 Å². The van der Waals surface area contributed by atoms with E-state index in [4.69, 9.17) is 25.8 Å². The SMILES string of the molecule is CC1(C)O[C@@H]2[C@H](O1)[C@@H](CO)O[C@H]2n1cnc2c(N3CCCC(c4ccccc4)C3)nc(Cl)nc21. The number of ether oxygens (including phenoxy) is 3. The van der Waals surface area contributed by atoms with Crippen molar-refractivity contribution in [2.75, 3.05) is 24.6 Å². The van der Waals surface area contributed by atoms with Crippen molar-refractivity contribution in [3.63, 3.8) is 0 Å². The van der Waals surface area contributed by atoms with Crippen LogP contribution in [0.4, 0.5) is 5.82 Å². The molecule has 9 nitrogen and oxygen atoms in total. The third-order valence-electron chi connectivity index (χ3n) is 6.95. The first kappa shape index (κ1) is 22.2. The average molecular weight is 486 g/mol. The van der Waals surface area contributed by atoms with Crippen LogP contribution in [0.1, 0.15) is 44.4 Å². The molecule has 2 aromatic heterocycles. The second-order valence-electron chi connectivity index (χ2n) is 9.65. The maximum Gasteiger partial charge on any atom is 0.226 e. The molecule has 3 saturated heterocycles. The summed E-state index contributed by atoms with van der Waals surface area (Å²) >= 11 is 6.42. The molecule has 10 heteroatoms. The zero-order valence-corrected chi connectivity index (χ0v) is 19.9. The van der Waals surface area contributed by atoms with Crippen LogP contribution in [0.3, 0.4) is 0 Å². The van der Waals surface area contributed by atoms with Crippen LogP contribution in [0.2, 0.25) is 5.28 Å². The van der Waals surface area contributed by atoms with Crippen molar-refractivity contribution in [2.45, 2.75) is 62.9 Å². The second kappa shape index (κ2) is 8.42. The number of imidazole rings is 1. The van der Waals surface area contributed by atoms with Crippen LogP contribution in [-0.4, -0.2) is 68.4 Å². The molecule has 3 fully saturated rings. The Morgan fingerprint density at radius 1 is 1.15 bits per heavy atom. The minimum absolute atomic E-state index is 0.156. The maximum atomic E-state index is 9.85. The Bertz CT molecular complexity index is 1190. The summed E-state index contributed by atoms with van der Waals surface area (Å²) in [5.41, 5.74) is 2.58. The van der Waals surface area contributed by atoms with E-state index in [2.05, 4.69) is 44.1 Å². The molecule has 6 rings (SSSR count). The molecule has 1 unspecified atom stereocenters. The molecule has 5 heterocycles. The van der Waals surface area contributed by atoms with Gasteiger partial charge in [-0.1, -0.05) is 30.3 Å². The largest absolute Gasteiger partial charge is 0.394 e. The van der Waals surface area contributed by atoms with Gasteiger partial charge in [0.05, 0.1) is 12.9 Å². The van der Waals surface area contributed by atoms with E-state index in [9.17, 15) is 5.11 Å². The Morgan fingerprint density at radius 3 is 2.74 bits per heavy atom. The lowest BCUT2D eigenvalue weighted by Crippen LogP contribution is -2.35.